The zero-order valence-corrected chi connectivity index (χ0v) is 9.98. The molecule has 2 rings (SSSR count). The zero-order chi connectivity index (χ0) is 12.1. The summed E-state index contributed by atoms with van der Waals surface area (Å²) >= 11 is 0. The third kappa shape index (κ3) is 3.03. The topological polar surface area (TPSA) is 68.0 Å². The van der Waals surface area contributed by atoms with E-state index in [0.717, 1.165) is 37.8 Å². The zero-order valence-electron chi connectivity index (χ0n) is 9.98. The summed E-state index contributed by atoms with van der Waals surface area (Å²) in [6.07, 6.45) is 6.25. The average molecular weight is 233 g/mol. The van der Waals surface area contributed by atoms with Crippen LogP contribution < -0.4 is 11.1 Å². The maximum absolute atomic E-state index is 11.9. The number of amides is 1. The van der Waals surface area contributed by atoms with Gasteiger partial charge in [0, 0.05) is 24.9 Å². The summed E-state index contributed by atoms with van der Waals surface area (Å²) in [5, 5.41) is 2.91. The van der Waals surface area contributed by atoms with Gasteiger partial charge in [-0.25, -0.2) is 0 Å². The molecular weight excluding hydrogens is 214 g/mol. The lowest BCUT2D eigenvalue weighted by atomic mass is 9.98. The smallest absolute Gasteiger partial charge is 0.240 e. The van der Waals surface area contributed by atoms with E-state index in [9.17, 15) is 4.79 Å². The van der Waals surface area contributed by atoms with Gasteiger partial charge < -0.3 is 11.1 Å². The monoisotopic (exact) mass is 233 g/mol. The Bertz CT molecular complexity index is 372. The van der Waals surface area contributed by atoms with Gasteiger partial charge in [-0.05, 0) is 25.0 Å². The summed E-state index contributed by atoms with van der Waals surface area (Å²) in [7, 11) is 0. The van der Waals surface area contributed by atoms with Crippen molar-refractivity contribution < 1.29 is 4.79 Å². The molecule has 0 aromatic carbocycles. The van der Waals surface area contributed by atoms with E-state index >= 15 is 0 Å². The predicted octanol–water partition coefficient (Wildman–Crippen LogP) is 1.01. The molecule has 0 aliphatic heterocycles. The van der Waals surface area contributed by atoms with Crippen LogP contribution in [-0.2, 0) is 11.2 Å². The third-order valence-corrected chi connectivity index (χ3v) is 3.34. The summed E-state index contributed by atoms with van der Waals surface area (Å²) in [5.41, 5.74) is 6.42. The van der Waals surface area contributed by atoms with Crippen LogP contribution in [0.25, 0.3) is 0 Å². The predicted molar refractivity (Wildman–Crippen MR) is 66.3 cm³/mol. The second-order valence-corrected chi connectivity index (χ2v) is 4.69. The van der Waals surface area contributed by atoms with Crippen LogP contribution in [0.4, 0.5) is 0 Å². The Morgan fingerprint density at radius 2 is 2.18 bits per heavy atom. The van der Waals surface area contributed by atoms with Crippen LogP contribution in [0.3, 0.4) is 0 Å². The maximum Gasteiger partial charge on any atom is 0.240 e. The number of hydrogen-bond donors (Lipinski definition) is 2. The van der Waals surface area contributed by atoms with E-state index < -0.39 is 5.54 Å². The van der Waals surface area contributed by atoms with Gasteiger partial charge in [0.1, 0.15) is 0 Å². The highest BCUT2D eigenvalue weighted by atomic mass is 16.2. The number of rotatable bonds is 4. The normalized spacial score (nSPS) is 17.9. The Morgan fingerprint density at radius 3 is 2.82 bits per heavy atom. The highest BCUT2D eigenvalue weighted by Crippen LogP contribution is 2.27. The Labute approximate surface area is 102 Å². The molecule has 4 nitrogen and oxygen atoms in total. The van der Waals surface area contributed by atoms with Crippen LogP contribution in [-0.4, -0.2) is 23.0 Å². The van der Waals surface area contributed by atoms with Crippen molar-refractivity contribution in [3.05, 3.63) is 30.1 Å². The molecule has 0 saturated heterocycles. The van der Waals surface area contributed by atoms with Gasteiger partial charge in [-0.2, -0.15) is 0 Å². The van der Waals surface area contributed by atoms with Crippen molar-refractivity contribution in [2.75, 3.05) is 6.54 Å². The average Bonchev–Trinajstić information content (AvgIpc) is 2.79. The fourth-order valence-electron chi connectivity index (χ4n) is 2.26. The molecule has 1 heterocycles. The highest BCUT2D eigenvalue weighted by molar-refractivity contribution is 5.86. The molecule has 0 spiro atoms. The first-order chi connectivity index (χ1) is 8.21. The molecule has 0 radical (unpaired) electrons. The fourth-order valence-corrected chi connectivity index (χ4v) is 2.26. The first-order valence-corrected chi connectivity index (χ1v) is 6.18. The second-order valence-electron chi connectivity index (χ2n) is 4.69. The lowest BCUT2D eigenvalue weighted by Gasteiger charge is -2.22. The number of nitrogens with one attached hydrogen (secondary N) is 1. The van der Waals surface area contributed by atoms with E-state index in [1.165, 1.54) is 0 Å². The van der Waals surface area contributed by atoms with E-state index in [0.29, 0.717) is 6.54 Å². The quantitative estimate of drug-likeness (QED) is 0.815. The van der Waals surface area contributed by atoms with Crippen molar-refractivity contribution in [1.82, 2.24) is 10.3 Å². The van der Waals surface area contributed by atoms with Crippen molar-refractivity contribution >= 4 is 5.91 Å². The fraction of sp³-hybridized carbons (Fsp3) is 0.538. The maximum atomic E-state index is 11.9. The lowest BCUT2D eigenvalue weighted by Crippen LogP contribution is -2.52. The van der Waals surface area contributed by atoms with E-state index in [1.54, 1.807) is 6.20 Å². The first kappa shape index (κ1) is 12.0. The van der Waals surface area contributed by atoms with Gasteiger partial charge in [0.25, 0.3) is 0 Å². The van der Waals surface area contributed by atoms with Crippen LogP contribution in [0.1, 0.15) is 31.4 Å². The van der Waals surface area contributed by atoms with E-state index in [1.807, 2.05) is 18.2 Å². The van der Waals surface area contributed by atoms with Crippen LogP contribution in [0.2, 0.25) is 0 Å². The molecule has 1 aromatic heterocycles. The molecule has 3 N–H and O–H groups in total. The molecule has 1 aromatic rings. The summed E-state index contributed by atoms with van der Waals surface area (Å²) in [4.78, 5) is 16.1. The molecule has 1 saturated carbocycles. The molecule has 0 unspecified atom stereocenters. The number of nitrogens with zero attached hydrogens (tertiary/aromatic N) is 1. The molecule has 1 amide bonds. The van der Waals surface area contributed by atoms with Crippen LogP contribution >= 0.6 is 0 Å². The standard InChI is InChI=1S/C13H19N3O/c14-13(7-2-3-8-13)12(17)16-10-6-11-5-1-4-9-15-11/h1,4-5,9H,2-3,6-8,10,14H2,(H,16,17). The van der Waals surface area contributed by atoms with E-state index in [2.05, 4.69) is 10.3 Å². The van der Waals surface area contributed by atoms with Gasteiger partial charge >= 0.3 is 0 Å². The SMILES string of the molecule is NC1(C(=O)NCCc2ccccn2)CCCC1. The third-order valence-electron chi connectivity index (χ3n) is 3.34. The number of pyridine rings is 1. The molecule has 1 fully saturated rings. The van der Waals surface area contributed by atoms with Crippen LogP contribution in [0.5, 0.6) is 0 Å². The number of nitrogens with two attached hydrogens (primary N) is 1. The summed E-state index contributed by atoms with van der Waals surface area (Å²) in [6, 6.07) is 5.79. The number of aromatic nitrogens is 1. The van der Waals surface area contributed by atoms with Crippen LogP contribution in [0.15, 0.2) is 24.4 Å². The number of carbonyl (C=O) groups is 1. The van der Waals surface area contributed by atoms with Crippen molar-refractivity contribution in [2.45, 2.75) is 37.6 Å². The Balaban J connectivity index is 1.77. The summed E-state index contributed by atoms with van der Waals surface area (Å²) < 4.78 is 0. The van der Waals surface area contributed by atoms with Crippen molar-refractivity contribution in [2.24, 2.45) is 5.73 Å². The minimum Gasteiger partial charge on any atom is -0.354 e. The summed E-state index contributed by atoms with van der Waals surface area (Å²) in [5.74, 6) is -0.00840. The largest absolute Gasteiger partial charge is 0.354 e. The van der Waals surface area contributed by atoms with Crippen molar-refractivity contribution in [3.8, 4) is 0 Å². The summed E-state index contributed by atoms with van der Waals surface area (Å²) in [6.45, 7) is 0.606. The van der Waals surface area contributed by atoms with Gasteiger partial charge in [-0.15, -0.1) is 0 Å². The first-order valence-electron chi connectivity index (χ1n) is 6.18. The molecular formula is C13H19N3O. The Morgan fingerprint density at radius 1 is 1.41 bits per heavy atom. The molecule has 1 aliphatic carbocycles. The highest BCUT2D eigenvalue weighted by Gasteiger charge is 2.36. The Hall–Kier alpha value is -1.42. The van der Waals surface area contributed by atoms with Gasteiger partial charge in [0.05, 0.1) is 5.54 Å². The van der Waals surface area contributed by atoms with Gasteiger partial charge in [0.15, 0.2) is 0 Å². The van der Waals surface area contributed by atoms with Crippen molar-refractivity contribution in [3.63, 3.8) is 0 Å². The lowest BCUT2D eigenvalue weighted by molar-refractivity contribution is -0.126. The molecule has 4 heteroatoms. The van der Waals surface area contributed by atoms with Crippen molar-refractivity contribution in [1.29, 1.82) is 0 Å². The minimum atomic E-state index is -0.621. The Kier molecular flexibility index (Phi) is 3.74. The minimum absolute atomic E-state index is 0.00840. The molecule has 17 heavy (non-hydrogen) atoms. The number of carbonyl (C=O) groups excluding carboxylic acids is 1. The molecule has 0 atom stereocenters. The second kappa shape index (κ2) is 5.27. The van der Waals surface area contributed by atoms with Gasteiger partial charge in [0.2, 0.25) is 5.91 Å². The molecule has 92 valence electrons. The van der Waals surface area contributed by atoms with E-state index in [4.69, 9.17) is 5.73 Å². The van der Waals surface area contributed by atoms with Gasteiger partial charge in [-0.3, -0.25) is 9.78 Å². The van der Waals surface area contributed by atoms with E-state index in [-0.39, 0.29) is 5.91 Å². The number of hydrogen-bond acceptors (Lipinski definition) is 3. The molecule has 0 bridgehead atoms. The van der Waals surface area contributed by atoms with Crippen LogP contribution in [0, 0.1) is 0 Å². The van der Waals surface area contributed by atoms with Gasteiger partial charge in [-0.1, -0.05) is 18.9 Å². The molecule has 1 aliphatic rings.